The average Bonchev–Trinajstić information content (AvgIpc) is 2.18. The van der Waals surface area contributed by atoms with Crippen LogP contribution >= 0.6 is 0 Å². The first-order valence-corrected chi connectivity index (χ1v) is 5.05. The number of hydrogen-bond acceptors (Lipinski definition) is 3. The highest BCUT2D eigenvalue weighted by molar-refractivity contribution is 5.90. The molecule has 0 saturated carbocycles. The van der Waals surface area contributed by atoms with E-state index in [1.807, 2.05) is 4.98 Å². The maximum atomic E-state index is 12.4. The molecule has 0 fully saturated rings. The van der Waals surface area contributed by atoms with Crippen molar-refractivity contribution in [1.29, 1.82) is 0 Å². The maximum Gasteiger partial charge on any atom is 0.417 e. The average molecular weight is 263 g/mol. The minimum Gasteiger partial charge on any atom is -0.327 e. The van der Waals surface area contributed by atoms with Crippen molar-refractivity contribution in [2.75, 3.05) is 5.32 Å². The van der Waals surface area contributed by atoms with Crippen molar-refractivity contribution in [2.24, 2.45) is 5.73 Å². The Kier molecular flexibility index (Phi) is 4.12. The second-order valence-electron chi connectivity index (χ2n) is 3.86. The molecule has 5 nitrogen and oxygen atoms in total. The summed E-state index contributed by atoms with van der Waals surface area (Å²) < 4.78 is 37.2. The van der Waals surface area contributed by atoms with Crippen molar-refractivity contribution >= 4 is 11.6 Å². The van der Waals surface area contributed by atoms with Gasteiger partial charge in [-0.25, -0.2) is 0 Å². The van der Waals surface area contributed by atoms with Crippen LogP contribution in [0.15, 0.2) is 17.1 Å². The molecule has 0 bridgehead atoms. The van der Waals surface area contributed by atoms with Crippen LogP contribution in [0.2, 0.25) is 0 Å². The first kappa shape index (κ1) is 14.2. The molecule has 1 aromatic rings. The van der Waals surface area contributed by atoms with Gasteiger partial charge in [-0.1, -0.05) is 0 Å². The molecule has 0 aromatic carbocycles. The van der Waals surface area contributed by atoms with E-state index in [9.17, 15) is 22.8 Å². The quantitative estimate of drug-likeness (QED) is 0.762. The van der Waals surface area contributed by atoms with Gasteiger partial charge in [-0.3, -0.25) is 9.59 Å². The molecule has 1 heterocycles. The number of nitrogens with one attached hydrogen (secondary N) is 2. The van der Waals surface area contributed by atoms with Crippen LogP contribution < -0.4 is 16.6 Å². The fraction of sp³-hybridized carbons (Fsp3) is 0.400. The smallest absolute Gasteiger partial charge is 0.327 e. The third-order valence-corrected chi connectivity index (χ3v) is 2.01. The molecule has 0 aliphatic heterocycles. The molecule has 18 heavy (non-hydrogen) atoms. The molecule has 100 valence electrons. The second-order valence-corrected chi connectivity index (χ2v) is 3.86. The molecule has 4 N–H and O–H groups in total. The zero-order chi connectivity index (χ0) is 13.9. The minimum atomic E-state index is -4.59. The Morgan fingerprint density at radius 3 is 2.67 bits per heavy atom. The maximum absolute atomic E-state index is 12.4. The Balaban J connectivity index is 2.95. The van der Waals surface area contributed by atoms with Gasteiger partial charge < -0.3 is 16.0 Å². The van der Waals surface area contributed by atoms with E-state index in [1.54, 1.807) is 6.92 Å². The molecule has 1 atom stereocenters. The molecule has 0 aliphatic rings. The summed E-state index contributed by atoms with van der Waals surface area (Å²) in [5, 5.41) is 2.09. The van der Waals surface area contributed by atoms with Gasteiger partial charge >= 0.3 is 6.18 Å². The van der Waals surface area contributed by atoms with E-state index in [-0.39, 0.29) is 6.42 Å². The van der Waals surface area contributed by atoms with Gasteiger partial charge in [0.1, 0.15) is 5.69 Å². The van der Waals surface area contributed by atoms with E-state index in [0.29, 0.717) is 12.3 Å². The predicted octanol–water partition coefficient (Wildman–Crippen LogP) is 1.07. The molecule has 1 aromatic heterocycles. The molecule has 1 unspecified atom stereocenters. The lowest BCUT2D eigenvalue weighted by molar-refractivity contribution is -0.137. The number of nitrogens with two attached hydrogens (primary N) is 1. The lowest BCUT2D eigenvalue weighted by Gasteiger charge is -2.09. The summed E-state index contributed by atoms with van der Waals surface area (Å²) in [6, 6.07) is 0.132. The summed E-state index contributed by atoms with van der Waals surface area (Å²) in [4.78, 5) is 24.5. The number of rotatable bonds is 3. The highest BCUT2D eigenvalue weighted by atomic mass is 19.4. The molecule has 1 rings (SSSR count). The van der Waals surface area contributed by atoms with Gasteiger partial charge in [-0.15, -0.1) is 0 Å². The Morgan fingerprint density at radius 1 is 1.56 bits per heavy atom. The summed E-state index contributed by atoms with van der Waals surface area (Å²) >= 11 is 0. The van der Waals surface area contributed by atoms with Crippen LogP contribution in [0.4, 0.5) is 18.9 Å². The van der Waals surface area contributed by atoms with Crippen LogP contribution in [0.1, 0.15) is 18.9 Å². The van der Waals surface area contributed by atoms with Gasteiger partial charge in [0, 0.05) is 18.7 Å². The number of amides is 1. The van der Waals surface area contributed by atoms with Crippen LogP contribution in [-0.2, 0) is 11.0 Å². The topological polar surface area (TPSA) is 88.0 Å². The van der Waals surface area contributed by atoms with Gasteiger partial charge in [0.05, 0.1) is 5.56 Å². The zero-order valence-electron chi connectivity index (χ0n) is 9.47. The zero-order valence-corrected chi connectivity index (χ0v) is 9.47. The Morgan fingerprint density at radius 2 is 2.17 bits per heavy atom. The first-order chi connectivity index (χ1) is 8.20. The molecule has 0 spiro atoms. The number of aromatic amines is 1. The fourth-order valence-corrected chi connectivity index (χ4v) is 1.23. The lowest BCUT2D eigenvalue weighted by Crippen LogP contribution is -2.27. The second kappa shape index (κ2) is 5.21. The third kappa shape index (κ3) is 3.88. The molecule has 1 amide bonds. The van der Waals surface area contributed by atoms with Crippen LogP contribution in [0.3, 0.4) is 0 Å². The molecule has 8 heteroatoms. The predicted molar refractivity (Wildman–Crippen MR) is 59.0 cm³/mol. The van der Waals surface area contributed by atoms with Gasteiger partial charge in [-0.2, -0.15) is 13.2 Å². The normalized spacial score (nSPS) is 13.2. The standard InChI is InChI=1S/C10H12F3N3O2/c1-5(14)2-8(17)16-7-3-6(10(11,12)13)4-15-9(7)18/h3-5H,2,14H2,1H3,(H,15,18)(H,16,17). The summed E-state index contributed by atoms with van der Waals surface area (Å²) in [6.07, 6.45) is -4.13. The number of H-pyrrole nitrogens is 1. The van der Waals surface area contributed by atoms with E-state index in [4.69, 9.17) is 5.73 Å². The number of aromatic nitrogens is 1. The minimum absolute atomic E-state index is 0.0876. The van der Waals surface area contributed by atoms with Crippen molar-refractivity contribution in [3.05, 3.63) is 28.2 Å². The van der Waals surface area contributed by atoms with E-state index in [0.717, 1.165) is 0 Å². The largest absolute Gasteiger partial charge is 0.417 e. The molecular formula is C10H12F3N3O2. The van der Waals surface area contributed by atoms with E-state index >= 15 is 0 Å². The van der Waals surface area contributed by atoms with Gasteiger partial charge in [0.25, 0.3) is 5.56 Å². The lowest BCUT2D eigenvalue weighted by atomic mass is 10.2. The first-order valence-electron chi connectivity index (χ1n) is 5.05. The molecule has 0 radical (unpaired) electrons. The van der Waals surface area contributed by atoms with Gasteiger partial charge in [0.2, 0.25) is 5.91 Å². The number of halogens is 3. The van der Waals surface area contributed by atoms with Crippen molar-refractivity contribution in [3.63, 3.8) is 0 Å². The highest BCUT2D eigenvalue weighted by Gasteiger charge is 2.31. The fourth-order valence-electron chi connectivity index (χ4n) is 1.23. The number of hydrogen-bond donors (Lipinski definition) is 3. The number of alkyl halides is 3. The van der Waals surface area contributed by atoms with Crippen LogP contribution in [-0.4, -0.2) is 16.9 Å². The van der Waals surface area contributed by atoms with E-state index < -0.39 is 34.9 Å². The van der Waals surface area contributed by atoms with E-state index in [1.165, 1.54) is 0 Å². The Hall–Kier alpha value is -1.83. The third-order valence-electron chi connectivity index (χ3n) is 2.01. The molecule has 0 aliphatic carbocycles. The van der Waals surface area contributed by atoms with Crippen molar-refractivity contribution in [3.8, 4) is 0 Å². The Bertz CT molecular complexity index is 494. The van der Waals surface area contributed by atoms with Gasteiger partial charge in [-0.05, 0) is 13.0 Å². The van der Waals surface area contributed by atoms with E-state index in [2.05, 4.69) is 5.32 Å². The van der Waals surface area contributed by atoms with Gasteiger partial charge in [0.15, 0.2) is 0 Å². The number of pyridine rings is 1. The molecule has 0 saturated heterocycles. The van der Waals surface area contributed by atoms with Crippen molar-refractivity contribution < 1.29 is 18.0 Å². The Labute approximate surface area is 100 Å². The van der Waals surface area contributed by atoms with Crippen molar-refractivity contribution in [2.45, 2.75) is 25.6 Å². The summed E-state index contributed by atoms with van der Waals surface area (Å²) in [6.45, 7) is 1.57. The number of carbonyl (C=O) groups is 1. The highest BCUT2D eigenvalue weighted by Crippen LogP contribution is 2.29. The van der Waals surface area contributed by atoms with Crippen molar-refractivity contribution in [1.82, 2.24) is 4.98 Å². The van der Waals surface area contributed by atoms with Crippen LogP contribution in [0, 0.1) is 0 Å². The summed E-state index contributed by atoms with van der Waals surface area (Å²) in [5.41, 5.74) is 3.06. The number of anilines is 1. The van der Waals surface area contributed by atoms with Crippen LogP contribution in [0.5, 0.6) is 0 Å². The SMILES string of the molecule is CC(N)CC(=O)Nc1cc(C(F)(F)F)c[nH]c1=O. The summed E-state index contributed by atoms with van der Waals surface area (Å²) in [7, 11) is 0. The van der Waals surface area contributed by atoms with Crippen LogP contribution in [0.25, 0.3) is 0 Å². The monoisotopic (exact) mass is 263 g/mol. The molecular weight excluding hydrogens is 251 g/mol. The summed E-state index contributed by atoms with van der Waals surface area (Å²) in [5.74, 6) is -0.616. The number of carbonyl (C=O) groups excluding carboxylic acids is 1.